The van der Waals surface area contributed by atoms with Crippen LogP contribution in [-0.4, -0.2) is 35.3 Å². The van der Waals surface area contributed by atoms with Crippen molar-refractivity contribution in [2.45, 2.75) is 19.1 Å². The zero-order valence-corrected chi connectivity index (χ0v) is 16.0. The highest BCUT2D eigenvalue weighted by atomic mass is 79.9. The second kappa shape index (κ2) is 9.20. The van der Waals surface area contributed by atoms with E-state index in [1.807, 2.05) is 25.1 Å². The van der Waals surface area contributed by atoms with Crippen molar-refractivity contribution in [1.82, 2.24) is 5.32 Å². The second-order valence-electron chi connectivity index (χ2n) is 5.67. The topological polar surface area (TPSA) is 81.6 Å². The van der Waals surface area contributed by atoms with Crippen LogP contribution in [-0.2, 0) is 4.79 Å². The molecule has 0 heterocycles. The highest BCUT2D eigenvalue weighted by Crippen LogP contribution is 2.21. The SMILES string of the molecule is Cc1cc(Br)ccc1NCC(=O)NC(CO)C(O)c1ccc(Cl)cc1. The zero-order valence-electron chi connectivity index (χ0n) is 13.7. The Morgan fingerprint density at radius 1 is 1.24 bits per heavy atom. The largest absolute Gasteiger partial charge is 0.394 e. The van der Waals surface area contributed by atoms with Crippen LogP contribution in [0.4, 0.5) is 5.69 Å². The van der Waals surface area contributed by atoms with Crippen molar-refractivity contribution in [2.24, 2.45) is 0 Å². The molecule has 4 N–H and O–H groups in total. The Kier molecular flexibility index (Phi) is 7.25. The van der Waals surface area contributed by atoms with Gasteiger partial charge in [-0.15, -0.1) is 0 Å². The molecule has 2 atom stereocenters. The molecule has 0 aliphatic heterocycles. The third-order valence-corrected chi connectivity index (χ3v) is 4.51. The van der Waals surface area contributed by atoms with Crippen molar-refractivity contribution in [2.75, 3.05) is 18.5 Å². The predicted molar refractivity (Wildman–Crippen MR) is 103 cm³/mol. The molecule has 0 bridgehead atoms. The van der Waals surface area contributed by atoms with Crippen LogP contribution >= 0.6 is 27.5 Å². The van der Waals surface area contributed by atoms with E-state index < -0.39 is 12.1 Å². The van der Waals surface area contributed by atoms with E-state index in [1.54, 1.807) is 24.3 Å². The molecule has 5 nitrogen and oxygen atoms in total. The van der Waals surface area contributed by atoms with Crippen LogP contribution < -0.4 is 10.6 Å². The fourth-order valence-corrected chi connectivity index (χ4v) is 2.98. The van der Waals surface area contributed by atoms with E-state index in [1.165, 1.54) is 0 Å². The van der Waals surface area contributed by atoms with Gasteiger partial charge in [0.2, 0.25) is 5.91 Å². The molecule has 0 aliphatic rings. The minimum atomic E-state index is -1.03. The lowest BCUT2D eigenvalue weighted by molar-refractivity contribution is -0.121. The Labute approximate surface area is 160 Å². The highest BCUT2D eigenvalue weighted by molar-refractivity contribution is 9.10. The minimum Gasteiger partial charge on any atom is -0.394 e. The number of hydrogen-bond acceptors (Lipinski definition) is 4. The number of aliphatic hydroxyl groups is 2. The van der Waals surface area contributed by atoms with Gasteiger partial charge in [-0.3, -0.25) is 4.79 Å². The first kappa shape index (κ1) is 19.7. The van der Waals surface area contributed by atoms with Gasteiger partial charge >= 0.3 is 0 Å². The molecule has 0 saturated carbocycles. The molecule has 0 aliphatic carbocycles. The van der Waals surface area contributed by atoms with E-state index in [0.29, 0.717) is 10.6 Å². The minimum absolute atomic E-state index is 0.0340. The van der Waals surface area contributed by atoms with Gasteiger partial charge in [0.1, 0.15) is 6.10 Å². The molecule has 0 aromatic heterocycles. The van der Waals surface area contributed by atoms with Crippen molar-refractivity contribution in [3.8, 4) is 0 Å². The molecule has 0 radical (unpaired) electrons. The van der Waals surface area contributed by atoms with Gasteiger partial charge in [-0.1, -0.05) is 39.7 Å². The zero-order chi connectivity index (χ0) is 18.4. The lowest BCUT2D eigenvalue weighted by Crippen LogP contribution is -2.44. The lowest BCUT2D eigenvalue weighted by atomic mass is 10.0. The summed E-state index contributed by atoms with van der Waals surface area (Å²) >= 11 is 9.21. The van der Waals surface area contributed by atoms with Crippen molar-refractivity contribution >= 4 is 39.1 Å². The summed E-state index contributed by atoms with van der Waals surface area (Å²) in [6, 6.07) is 11.5. The summed E-state index contributed by atoms with van der Waals surface area (Å²) in [6.45, 7) is 1.59. The standard InChI is InChI=1S/C18H20BrClN2O3/c1-11-8-13(19)4-7-15(11)21-9-17(24)22-16(10-23)18(25)12-2-5-14(20)6-3-12/h2-8,16,18,21,23,25H,9-10H2,1H3,(H,22,24). The van der Waals surface area contributed by atoms with E-state index >= 15 is 0 Å². The van der Waals surface area contributed by atoms with Gasteiger partial charge < -0.3 is 20.8 Å². The van der Waals surface area contributed by atoms with Crippen molar-refractivity contribution in [3.05, 3.63) is 63.1 Å². The number of aliphatic hydroxyl groups excluding tert-OH is 2. The lowest BCUT2D eigenvalue weighted by Gasteiger charge is -2.23. The van der Waals surface area contributed by atoms with Crippen molar-refractivity contribution in [1.29, 1.82) is 0 Å². The van der Waals surface area contributed by atoms with Gasteiger partial charge in [0.05, 0.1) is 19.2 Å². The number of hydrogen-bond donors (Lipinski definition) is 4. The molecular weight excluding hydrogens is 408 g/mol. The van der Waals surface area contributed by atoms with Crippen molar-refractivity contribution in [3.63, 3.8) is 0 Å². The Balaban J connectivity index is 1.93. The van der Waals surface area contributed by atoms with E-state index in [9.17, 15) is 15.0 Å². The number of nitrogens with one attached hydrogen (secondary N) is 2. The Morgan fingerprint density at radius 2 is 1.92 bits per heavy atom. The number of halogens is 2. The molecule has 25 heavy (non-hydrogen) atoms. The molecule has 0 fully saturated rings. The summed E-state index contributed by atoms with van der Waals surface area (Å²) in [7, 11) is 0. The van der Waals surface area contributed by atoms with Crippen LogP contribution in [0.15, 0.2) is 46.9 Å². The van der Waals surface area contributed by atoms with Crippen LogP contribution in [0, 0.1) is 6.92 Å². The van der Waals surface area contributed by atoms with E-state index in [-0.39, 0.29) is 19.1 Å². The maximum atomic E-state index is 12.1. The molecule has 7 heteroatoms. The summed E-state index contributed by atoms with van der Waals surface area (Å²) in [5.41, 5.74) is 2.42. The highest BCUT2D eigenvalue weighted by Gasteiger charge is 2.22. The van der Waals surface area contributed by atoms with E-state index in [0.717, 1.165) is 15.7 Å². The number of carbonyl (C=O) groups is 1. The Hall–Kier alpha value is -1.60. The first-order valence-corrected chi connectivity index (χ1v) is 8.91. The van der Waals surface area contributed by atoms with Gasteiger partial charge in [-0.2, -0.15) is 0 Å². The molecule has 2 aromatic carbocycles. The summed E-state index contributed by atoms with van der Waals surface area (Å²) < 4.78 is 0.964. The second-order valence-corrected chi connectivity index (χ2v) is 7.02. The fourth-order valence-electron chi connectivity index (χ4n) is 2.38. The first-order chi connectivity index (χ1) is 11.9. The Bertz CT molecular complexity index is 725. The van der Waals surface area contributed by atoms with Crippen LogP contribution in [0.1, 0.15) is 17.2 Å². The van der Waals surface area contributed by atoms with Gasteiger partial charge in [0.25, 0.3) is 0 Å². The maximum absolute atomic E-state index is 12.1. The number of carbonyl (C=O) groups excluding carboxylic acids is 1. The number of benzene rings is 2. The molecule has 2 rings (SSSR count). The number of anilines is 1. The summed E-state index contributed by atoms with van der Waals surface area (Å²) in [5.74, 6) is -0.325. The number of aryl methyl sites for hydroxylation is 1. The molecule has 0 spiro atoms. The molecule has 0 saturated heterocycles. The third-order valence-electron chi connectivity index (χ3n) is 3.76. The van der Waals surface area contributed by atoms with E-state index in [4.69, 9.17) is 11.6 Å². The van der Waals surface area contributed by atoms with Crippen LogP contribution in [0.25, 0.3) is 0 Å². The van der Waals surface area contributed by atoms with Crippen LogP contribution in [0.2, 0.25) is 5.02 Å². The van der Waals surface area contributed by atoms with Crippen LogP contribution in [0.5, 0.6) is 0 Å². The average Bonchev–Trinajstić information content (AvgIpc) is 2.59. The van der Waals surface area contributed by atoms with Gasteiger partial charge in [0, 0.05) is 15.2 Å². The average molecular weight is 428 g/mol. The third kappa shape index (κ3) is 5.71. The summed E-state index contributed by atoms with van der Waals surface area (Å²) in [4.78, 5) is 12.1. The summed E-state index contributed by atoms with van der Waals surface area (Å²) in [5, 5.41) is 26.1. The van der Waals surface area contributed by atoms with Gasteiger partial charge in [0.15, 0.2) is 0 Å². The quantitative estimate of drug-likeness (QED) is 0.547. The molecule has 1 amide bonds. The smallest absolute Gasteiger partial charge is 0.239 e. The molecule has 2 aromatic rings. The molecule has 134 valence electrons. The maximum Gasteiger partial charge on any atom is 0.239 e. The van der Waals surface area contributed by atoms with E-state index in [2.05, 4.69) is 26.6 Å². The fraction of sp³-hybridized carbons (Fsp3) is 0.278. The number of amides is 1. The molecular formula is C18H20BrClN2O3. The first-order valence-electron chi connectivity index (χ1n) is 7.74. The predicted octanol–water partition coefficient (Wildman–Crippen LogP) is 3.03. The number of rotatable bonds is 7. The normalized spacial score (nSPS) is 13.2. The Morgan fingerprint density at radius 3 is 2.52 bits per heavy atom. The van der Waals surface area contributed by atoms with Crippen molar-refractivity contribution < 1.29 is 15.0 Å². The van der Waals surface area contributed by atoms with Crippen LogP contribution in [0.3, 0.4) is 0 Å². The molecule has 2 unspecified atom stereocenters. The summed E-state index contributed by atoms with van der Waals surface area (Å²) in [6.07, 6.45) is -1.03. The monoisotopic (exact) mass is 426 g/mol. The van der Waals surface area contributed by atoms with Gasteiger partial charge in [-0.05, 0) is 48.4 Å². The van der Waals surface area contributed by atoms with Gasteiger partial charge in [-0.25, -0.2) is 0 Å².